The lowest BCUT2D eigenvalue weighted by Gasteiger charge is -2.20. The van der Waals surface area contributed by atoms with E-state index < -0.39 is 63.7 Å². The molecule has 124 valence electrons. The second-order valence-corrected chi connectivity index (χ2v) is 5.24. The molecule has 0 spiro atoms. The molecular weight excluding hydrogens is 320 g/mol. The first kappa shape index (κ1) is 17.1. The lowest BCUT2D eigenvalue weighted by atomic mass is 9.80. The van der Waals surface area contributed by atoms with Crippen molar-refractivity contribution in [1.82, 2.24) is 0 Å². The molecule has 0 atom stereocenters. The van der Waals surface area contributed by atoms with Gasteiger partial charge in [0.25, 0.3) is 5.78 Å². The number of phenolic OH excluding ortho intramolecular Hbond substituents is 3. The fourth-order valence-corrected chi connectivity index (χ4v) is 2.45. The van der Waals surface area contributed by atoms with Gasteiger partial charge in [0.2, 0.25) is 17.3 Å². The molecule has 0 aliphatic heterocycles. The van der Waals surface area contributed by atoms with Crippen LogP contribution in [-0.2, 0) is 19.2 Å². The maximum absolute atomic E-state index is 12.2. The van der Waals surface area contributed by atoms with Gasteiger partial charge in [0, 0.05) is 28.7 Å². The highest BCUT2D eigenvalue weighted by atomic mass is 16.3. The Hall–Kier alpha value is -3.29. The third kappa shape index (κ3) is 2.47. The largest absolute Gasteiger partial charge is 0.504 e. The molecule has 2 rings (SSSR count). The van der Waals surface area contributed by atoms with Gasteiger partial charge >= 0.3 is 0 Å². The van der Waals surface area contributed by atoms with Crippen LogP contribution in [0.1, 0.15) is 36.2 Å². The molecule has 8 heteroatoms. The van der Waals surface area contributed by atoms with E-state index in [1.807, 2.05) is 0 Å². The van der Waals surface area contributed by atoms with Crippen molar-refractivity contribution in [3.05, 3.63) is 22.8 Å². The summed E-state index contributed by atoms with van der Waals surface area (Å²) < 4.78 is 0. The molecule has 0 bridgehead atoms. The zero-order valence-electron chi connectivity index (χ0n) is 12.7. The standard InChI is InChI=1S/C16H12O8/c1-5(17)7-3-9(19)13(21)15(23)11(7)12-8(6(2)18)4-10(20)14(22)16(12)24/h3,19,21,23H,4H2,1-2H3. The molecule has 1 aliphatic rings. The van der Waals surface area contributed by atoms with Crippen LogP contribution in [0.4, 0.5) is 0 Å². The van der Waals surface area contributed by atoms with E-state index in [2.05, 4.69) is 0 Å². The second kappa shape index (κ2) is 5.73. The van der Waals surface area contributed by atoms with E-state index in [1.54, 1.807) is 0 Å². The Morgan fingerprint density at radius 2 is 1.50 bits per heavy atom. The van der Waals surface area contributed by atoms with Crippen molar-refractivity contribution in [3.63, 3.8) is 0 Å². The van der Waals surface area contributed by atoms with Gasteiger partial charge in [-0.25, -0.2) is 0 Å². The SMILES string of the molecule is CC(=O)C1=C(c2c(C(C)=O)cc(O)c(O)c2O)C(=O)C(=O)C(=O)C1. The Morgan fingerprint density at radius 3 is 2.00 bits per heavy atom. The summed E-state index contributed by atoms with van der Waals surface area (Å²) in [7, 11) is 0. The van der Waals surface area contributed by atoms with E-state index in [4.69, 9.17) is 0 Å². The maximum Gasteiger partial charge on any atom is 0.269 e. The zero-order valence-corrected chi connectivity index (χ0v) is 12.7. The van der Waals surface area contributed by atoms with Crippen LogP contribution in [0.2, 0.25) is 0 Å². The van der Waals surface area contributed by atoms with Gasteiger partial charge in [0.05, 0.1) is 0 Å². The Kier molecular flexibility index (Phi) is 4.07. The highest BCUT2D eigenvalue weighted by Crippen LogP contribution is 2.45. The van der Waals surface area contributed by atoms with E-state index in [-0.39, 0.29) is 11.1 Å². The monoisotopic (exact) mass is 332 g/mol. The van der Waals surface area contributed by atoms with Gasteiger partial charge in [-0.05, 0) is 19.9 Å². The van der Waals surface area contributed by atoms with Gasteiger partial charge in [-0.2, -0.15) is 0 Å². The minimum Gasteiger partial charge on any atom is -0.504 e. The van der Waals surface area contributed by atoms with Crippen LogP contribution < -0.4 is 0 Å². The molecule has 0 fully saturated rings. The number of allylic oxidation sites excluding steroid dienone is 2. The Bertz CT molecular complexity index is 873. The van der Waals surface area contributed by atoms with Gasteiger partial charge in [-0.15, -0.1) is 0 Å². The molecular formula is C16H12O8. The number of phenols is 3. The molecule has 0 unspecified atom stereocenters. The topological polar surface area (TPSA) is 146 Å². The summed E-state index contributed by atoms with van der Waals surface area (Å²) in [6.07, 6.45) is -0.659. The number of benzene rings is 1. The van der Waals surface area contributed by atoms with Crippen molar-refractivity contribution in [3.8, 4) is 17.2 Å². The van der Waals surface area contributed by atoms with Gasteiger partial charge in [0.15, 0.2) is 23.1 Å². The van der Waals surface area contributed by atoms with Crippen LogP contribution in [0.15, 0.2) is 11.6 Å². The smallest absolute Gasteiger partial charge is 0.269 e. The predicted molar refractivity (Wildman–Crippen MR) is 78.7 cm³/mol. The fraction of sp³-hybridized carbons (Fsp3) is 0.188. The van der Waals surface area contributed by atoms with Gasteiger partial charge in [-0.3, -0.25) is 24.0 Å². The second-order valence-electron chi connectivity index (χ2n) is 5.24. The minimum atomic E-state index is -1.39. The first-order chi connectivity index (χ1) is 11.1. The zero-order chi connectivity index (χ0) is 18.3. The Balaban J connectivity index is 2.98. The molecule has 1 aliphatic carbocycles. The van der Waals surface area contributed by atoms with E-state index in [9.17, 15) is 39.3 Å². The van der Waals surface area contributed by atoms with Crippen molar-refractivity contribution in [2.75, 3.05) is 0 Å². The van der Waals surface area contributed by atoms with Crippen LogP contribution in [0.5, 0.6) is 17.2 Å². The quantitative estimate of drug-likeness (QED) is 0.411. The Morgan fingerprint density at radius 1 is 0.917 bits per heavy atom. The van der Waals surface area contributed by atoms with Crippen molar-refractivity contribution in [1.29, 1.82) is 0 Å². The van der Waals surface area contributed by atoms with Crippen molar-refractivity contribution in [2.24, 2.45) is 0 Å². The number of carbonyl (C=O) groups is 5. The Labute approximate surface area is 135 Å². The van der Waals surface area contributed by atoms with E-state index in [0.717, 1.165) is 19.9 Å². The van der Waals surface area contributed by atoms with Crippen molar-refractivity contribution < 1.29 is 39.3 Å². The molecule has 24 heavy (non-hydrogen) atoms. The molecule has 0 heterocycles. The molecule has 1 aromatic carbocycles. The molecule has 3 N–H and O–H groups in total. The van der Waals surface area contributed by atoms with Crippen LogP contribution in [-0.4, -0.2) is 44.2 Å². The van der Waals surface area contributed by atoms with Crippen molar-refractivity contribution in [2.45, 2.75) is 20.3 Å². The van der Waals surface area contributed by atoms with E-state index in [0.29, 0.717) is 0 Å². The average molecular weight is 332 g/mol. The number of rotatable bonds is 3. The maximum atomic E-state index is 12.2. The highest BCUT2D eigenvalue weighted by Gasteiger charge is 2.39. The third-order valence-corrected chi connectivity index (χ3v) is 3.63. The van der Waals surface area contributed by atoms with Gasteiger partial charge in [0.1, 0.15) is 0 Å². The molecule has 0 aromatic heterocycles. The number of carbonyl (C=O) groups excluding carboxylic acids is 5. The number of Topliss-reactive ketones (excluding diaryl/α,β-unsaturated/α-hetero) is 5. The molecule has 0 saturated carbocycles. The molecule has 1 aromatic rings. The predicted octanol–water partition coefficient (Wildman–Crippen LogP) is 0.460. The number of hydrogen-bond acceptors (Lipinski definition) is 8. The van der Waals surface area contributed by atoms with Crippen LogP contribution in [0.3, 0.4) is 0 Å². The summed E-state index contributed by atoms with van der Waals surface area (Å²) >= 11 is 0. The average Bonchev–Trinajstić information content (AvgIpc) is 2.50. The van der Waals surface area contributed by atoms with Gasteiger partial charge < -0.3 is 15.3 Å². The summed E-state index contributed by atoms with van der Waals surface area (Å²) in [4.78, 5) is 59.0. The van der Waals surface area contributed by atoms with Crippen LogP contribution in [0.25, 0.3) is 5.57 Å². The summed E-state index contributed by atoms with van der Waals surface area (Å²) in [6.45, 7) is 2.11. The number of hydrogen-bond donors (Lipinski definition) is 3. The summed E-state index contributed by atoms with van der Waals surface area (Å²) in [5.74, 6) is -8.13. The molecule has 0 radical (unpaired) electrons. The van der Waals surface area contributed by atoms with E-state index >= 15 is 0 Å². The van der Waals surface area contributed by atoms with Gasteiger partial charge in [-0.1, -0.05) is 0 Å². The summed E-state index contributed by atoms with van der Waals surface area (Å²) in [5, 5.41) is 29.3. The normalized spacial score (nSPS) is 15.0. The lowest BCUT2D eigenvalue weighted by Crippen LogP contribution is -2.32. The first-order valence-electron chi connectivity index (χ1n) is 6.73. The minimum absolute atomic E-state index is 0.354. The van der Waals surface area contributed by atoms with Crippen LogP contribution in [0, 0.1) is 0 Å². The highest BCUT2D eigenvalue weighted by molar-refractivity contribution is 6.75. The molecule has 0 saturated heterocycles. The molecule has 8 nitrogen and oxygen atoms in total. The van der Waals surface area contributed by atoms with Crippen LogP contribution >= 0.6 is 0 Å². The fourth-order valence-electron chi connectivity index (χ4n) is 2.45. The van der Waals surface area contributed by atoms with E-state index in [1.165, 1.54) is 0 Å². The lowest BCUT2D eigenvalue weighted by molar-refractivity contribution is -0.142. The van der Waals surface area contributed by atoms with Crippen molar-refractivity contribution >= 4 is 34.5 Å². The third-order valence-electron chi connectivity index (χ3n) is 3.63. The summed E-state index contributed by atoms with van der Waals surface area (Å²) in [6, 6.07) is 0.797. The number of ketones is 5. The first-order valence-corrected chi connectivity index (χ1v) is 6.73. The summed E-state index contributed by atoms with van der Waals surface area (Å²) in [5.41, 5.74) is -1.92. The molecule has 0 amide bonds. The number of aromatic hydroxyl groups is 3.